The molecule has 4 nitrogen and oxygen atoms in total. The molecule has 0 aliphatic heterocycles. The van der Waals surface area contributed by atoms with E-state index >= 15 is 0 Å². The summed E-state index contributed by atoms with van der Waals surface area (Å²) in [6.45, 7) is 3.91. The summed E-state index contributed by atoms with van der Waals surface area (Å²) < 4.78 is 0. The van der Waals surface area contributed by atoms with Crippen molar-refractivity contribution in [3.8, 4) is 0 Å². The van der Waals surface area contributed by atoms with Gasteiger partial charge in [-0.05, 0) is 25.4 Å². The summed E-state index contributed by atoms with van der Waals surface area (Å²) in [6, 6.07) is 0.190. The molecule has 76 valence electrons. The van der Waals surface area contributed by atoms with Crippen molar-refractivity contribution < 1.29 is 0 Å². The molecule has 0 aliphatic carbocycles. The van der Waals surface area contributed by atoms with Crippen molar-refractivity contribution in [1.29, 1.82) is 5.41 Å². The molecule has 6 heteroatoms. The molecule has 1 aromatic heterocycles. The van der Waals surface area contributed by atoms with Gasteiger partial charge in [0, 0.05) is 12.3 Å². The largest absolute Gasteiger partial charge is 0.367 e. The van der Waals surface area contributed by atoms with Gasteiger partial charge in [0.05, 0.1) is 5.56 Å². The second kappa shape index (κ2) is 4.57. The van der Waals surface area contributed by atoms with Crippen LogP contribution in [0.15, 0.2) is 0 Å². The molecule has 0 saturated carbocycles. The third-order valence-electron chi connectivity index (χ3n) is 1.44. The van der Waals surface area contributed by atoms with Gasteiger partial charge in [0.15, 0.2) is 0 Å². The SMILES string of the molecule is CC(C)Nc1nc(Cl)nc(Cl)c1C=N. The van der Waals surface area contributed by atoms with E-state index in [4.69, 9.17) is 28.6 Å². The molecular formula is C8H10Cl2N4. The zero-order valence-corrected chi connectivity index (χ0v) is 9.32. The molecule has 0 saturated heterocycles. The second-order valence-corrected chi connectivity index (χ2v) is 3.69. The first-order valence-electron chi connectivity index (χ1n) is 4.04. The zero-order chi connectivity index (χ0) is 10.7. The minimum absolute atomic E-state index is 0.0729. The fraction of sp³-hybridized carbons (Fsp3) is 0.375. The Morgan fingerprint density at radius 3 is 2.50 bits per heavy atom. The standard InChI is InChI=1S/C8H10Cl2N4/c1-4(2)12-7-5(3-11)6(9)13-8(10)14-7/h3-4,11H,1-2H3,(H,12,13,14). The monoisotopic (exact) mass is 232 g/mol. The van der Waals surface area contributed by atoms with Gasteiger partial charge in [-0.15, -0.1) is 0 Å². The van der Waals surface area contributed by atoms with Crippen LogP contribution in [0.2, 0.25) is 10.4 Å². The Bertz CT molecular complexity index is 351. The quantitative estimate of drug-likeness (QED) is 0.479. The lowest BCUT2D eigenvalue weighted by molar-refractivity contribution is 0.885. The highest BCUT2D eigenvalue weighted by atomic mass is 35.5. The minimum atomic E-state index is 0.0729. The van der Waals surface area contributed by atoms with Crippen molar-refractivity contribution in [3.63, 3.8) is 0 Å². The average Bonchev–Trinajstić information content (AvgIpc) is 2.01. The lowest BCUT2D eigenvalue weighted by Gasteiger charge is -2.11. The topological polar surface area (TPSA) is 61.7 Å². The van der Waals surface area contributed by atoms with Crippen LogP contribution in [-0.4, -0.2) is 22.2 Å². The number of nitrogens with zero attached hydrogens (tertiary/aromatic N) is 2. The zero-order valence-electron chi connectivity index (χ0n) is 7.81. The number of anilines is 1. The highest BCUT2D eigenvalue weighted by Crippen LogP contribution is 2.21. The number of hydrogen-bond donors (Lipinski definition) is 2. The van der Waals surface area contributed by atoms with Crippen LogP contribution in [0.25, 0.3) is 0 Å². The smallest absolute Gasteiger partial charge is 0.225 e. The average molecular weight is 233 g/mol. The van der Waals surface area contributed by atoms with Crippen LogP contribution >= 0.6 is 23.2 Å². The van der Waals surface area contributed by atoms with Gasteiger partial charge < -0.3 is 10.7 Å². The van der Waals surface area contributed by atoms with E-state index in [2.05, 4.69) is 15.3 Å². The van der Waals surface area contributed by atoms with Gasteiger partial charge in [0.25, 0.3) is 0 Å². The van der Waals surface area contributed by atoms with Crippen LogP contribution in [0.4, 0.5) is 5.82 Å². The van der Waals surface area contributed by atoms with E-state index in [1.807, 2.05) is 13.8 Å². The molecule has 0 atom stereocenters. The summed E-state index contributed by atoms with van der Waals surface area (Å²) in [6.07, 6.45) is 1.10. The molecule has 0 amide bonds. The third-order valence-corrected chi connectivity index (χ3v) is 1.90. The molecule has 0 fully saturated rings. The van der Waals surface area contributed by atoms with Gasteiger partial charge >= 0.3 is 0 Å². The van der Waals surface area contributed by atoms with E-state index in [0.29, 0.717) is 11.4 Å². The third kappa shape index (κ3) is 2.56. The molecule has 0 unspecified atom stereocenters. The maximum absolute atomic E-state index is 7.17. The van der Waals surface area contributed by atoms with Gasteiger partial charge in [-0.25, -0.2) is 9.97 Å². The van der Waals surface area contributed by atoms with Crippen LogP contribution in [0.5, 0.6) is 0 Å². The Kier molecular flexibility index (Phi) is 3.66. The maximum Gasteiger partial charge on any atom is 0.225 e. The Hall–Kier alpha value is -0.870. The normalized spacial score (nSPS) is 10.4. The van der Waals surface area contributed by atoms with Gasteiger partial charge in [0.1, 0.15) is 11.0 Å². The Morgan fingerprint density at radius 2 is 2.00 bits per heavy atom. The van der Waals surface area contributed by atoms with Crippen molar-refractivity contribution in [2.45, 2.75) is 19.9 Å². The van der Waals surface area contributed by atoms with E-state index in [0.717, 1.165) is 6.21 Å². The summed E-state index contributed by atoms with van der Waals surface area (Å²) in [5.41, 5.74) is 0.449. The fourth-order valence-corrected chi connectivity index (χ4v) is 1.36. The van der Waals surface area contributed by atoms with Crippen LogP contribution in [-0.2, 0) is 0 Å². The lowest BCUT2D eigenvalue weighted by Crippen LogP contribution is -2.13. The van der Waals surface area contributed by atoms with E-state index < -0.39 is 0 Å². The van der Waals surface area contributed by atoms with Crippen molar-refractivity contribution >= 4 is 35.2 Å². The Morgan fingerprint density at radius 1 is 1.36 bits per heavy atom. The summed E-state index contributed by atoms with van der Waals surface area (Å²) in [7, 11) is 0. The summed E-state index contributed by atoms with van der Waals surface area (Å²) in [5, 5.41) is 10.5. The number of hydrogen-bond acceptors (Lipinski definition) is 4. The number of aromatic nitrogens is 2. The lowest BCUT2D eigenvalue weighted by atomic mass is 10.3. The molecule has 0 spiro atoms. The first kappa shape index (κ1) is 11.2. The molecule has 1 rings (SSSR count). The molecule has 0 aromatic carbocycles. The summed E-state index contributed by atoms with van der Waals surface area (Å²) in [4.78, 5) is 7.69. The molecule has 1 aromatic rings. The molecule has 14 heavy (non-hydrogen) atoms. The molecule has 0 radical (unpaired) electrons. The van der Waals surface area contributed by atoms with E-state index in [1.165, 1.54) is 0 Å². The Balaban J connectivity index is 3.17. The summed E-state index contributed by atoms with van der Waals surface area (Å²) >= 11 is 11.4. The van der Waals surface area contributed by atoms with Gasteiger partial charge in [-0.2, -0.15) is 0 Å². The number of halogens is 2. The van der Waals surface area contributed by atoms with Crippen LogP contribution in [0.3, 0.4) is 0 Å². The molecule has 0 bridgehead atoms. The van der Waals surface area contributed by atoms with Gasteiger partial charge in [-0.1, -0.05) is 11.6 Å². The highest BCUT2D eigenvalue weighted by Gasteiger charge is 2.10. The predicted octanol–water partition coefficient (Wildman–Crippen LogP) is 2.60. The summed E-state index contributed by atoms with van der Waals surface area (Å²) in [5.74, 6) is 0.486. The maximum atomic E-state index is 7.17. The fourth-order valence-electron chi connectivity index (χ4n) is 0.928. The van der Waals surface area contributed by atoms with Crippen molar-refractivity contribution in [2.24, 2.45) is 0 Å². The molecule has 2 N–H and O–H groups in total. The van der Waals surface area contributed by atoms with Gasteiger partial charge in [-0.3, -0.25) is 0 Å². The number of nitrogens with one attached hydrogen (secondary N) is 2. The number of rotatable bonds is 3. The second-order valence-electron chi connectivity index (χ2n) is 2.99. The van der Waals surface area contributed by atoms with Crippen molar-refractivity contribution in [2.75, 3.05) is 5.32 Å². The van der Waals surface area contributed by atoms with E-state index in [1.54, 1.807) is 0 Å². The van der Waals surface area contributed by atoms with E-state index in [9.17, 15) is 0 Å². The highest BCUT2D eigenvalue weighted by molar-refractivity contribution is 6.34. The molecular weight excluding hydrogens is 223 g/mol. The molecule has 1 heterocycles. The first-order chi connectivity index (χ1) is 6.54. The van der Waals surface area contributed by atoms with Crippen LogP contribution in [0, 0.1) is 5.41 Å². The van der Waals surface area contributed by atoms with Crippen molar-refractivity contribution in [1.82, 2.24) is 9.97 Å². The minimum Gasteiger partial charge on any atom is -0.367 e. The van der Waals surface area contributed by atoms with E-state index in [-0.39, 0.29) is 16.5 Å². The first-order valence-corrected chi connectivity index (χ1v) is 4.80. The Labute approximate surface area is 92.2 Å². The van der Waals surface area contributed by atoms with Crippen LogP contribution < -0.4 is 5.32 Å². The van der Waals surface area contributed by atoms with Crippen molar-refractivity contribution in [3.05, 3.63) is 16.0 Å². The van der Waals surface area contributed by atoms with Crippen LogP contribution in [0.1, 0.15) is 19.4 Å². The van der Waals surface area contributed by atoms with Gasteiger partial charge in [0.2, 0.25) is 5.28 Å². The predicted molar refractivity (Wildman–Crippen MR) is 58.7 cm³/mol. The molecule has 0 aliphatic rings.